The van der Waals surface area contributed by atoms with Gasteiger partial charge >= 0.3 is 0 Å². The number of nitrogens with zero attached hydrogens (tertiary/aromatic N) is 1. The Hall–Kier alpha value is -1.02. The predicted molar refractivity (Wildman–Crippen MR) is 252 cm³/mol. The number of hydrogen-bond acceptors (Lipinski definition) is 6. The van der Waals surface area contributed by atoms with Gasteiger partial charge in [0.15, 0.2) is 0 Å². The van der Waals surface area contributed by atoms with Gasteiger partial charge in [0.1, 0.15) is 13.2 Å². The summed E-state index contributed by atoms with van der Waals surface area (Å²) in [5, 5.41) is 13.7. The number of aliphatic hydroxyl groups is 1. The average Bonchev–Trinajstić information content (AvgIpc) is 3.19. The van der Waals surface area contributed by atoms with E-state index in [0.29, 0.717) is 17.4 Å². The minimum atomic E-state index is -4.59. The van der Waals surface area contributed by atoms with Gasteiger partial charge in [-0.25, -0.2) is 0 Å². The quantitative estimate of drug-likeness (QED) is 0.0273. The highest BCUT2D eigenvalue weighted by molar-refractivity contribution is 7.45. The second-order valence-electron chi connectivity index (χ2n) is 18.5. The molecule has 2 N–H and O–H groups in total. The number of aliphatic hydroxyl groups excluding tert-OH is 1. The second kappa shape index (κ2) is 42.3. The van der Waals surface area contributed by atoms with Crippen molar-refractivity contribution in [3.8, 4) is 0 Å². The molecule has 0 aromatic heterocycles. The molecule has 0 aliphatic heterocycles. The molecule has 0 spiro atoms. The molecule has 0 aliphatic carbocycles. The van der Waals surface area contributed by atoms with Crippen LogP contribution in [-0.4, -0.2) is 68.5 Å². The molecule has 350 valence electrons. The number of phosphoric acid groups is 1. The third kappa shape index (κ3) is 44.8. The summed E-state index contributed by atoms with van der Waals surface area (Å²) in [6, 6.07) is -0.896. The number of amides is 1. The molecule has 0 aliphatic rings. The minimum absolute atomic E-state index is 0.00476. The lowest BCUT2D eigenvalue weighted by Gasteiger charge is -2.29. The molecule has 0 rings (SSSR count). The first-order valence-electron chi connectivity index (χ1n) is 25.2. The monoisotopic (exact) mass is 855 g/mol. The van der Waals surface area contributed by atoms with Crippen molar-refractivity contribution in [2.45, 2.75) is 251 Å². The summed E-state index contributed by atoms with van der Waals surface area (Å²) in [6.45, 7) is 4.59. The Kier molecular flexibility index (Phi) is 41.6. The van der Waals surface area contributed by atoms with Crippen molar-refractivity contribution in [1.82, 2.24) is 5.32 Å². The lowest BCUT2D eigenvalue weighted by Crippen LogP contribution is -2.45. The Labute approximate surface area is 366 Å². The molecule has 0 radical (unpaired) electrons. The van der Waals surface area contributed by atoms with Gasteiger partial charge in [-0.05, 0) is 32.1 Å². The van der Waals surface area contributed by atoms with E-state index >= 15 is 0 Å². The first-order valence-corrected chi connectivity index (χ1v) is 26.7. The van der Waals surface area contributed by atoms with Crippen LogP contribution >= 0.6 is 7.82 Å². The predicted octanol–water partition coefficient (Wildman–Crippen LogP) is 13.8. The number of carbonyl (C=O) groups excluding carboxylic acids is 1. The van der Waals surface area contributed by atoms with Crippen LogP contribution < -0.4 is 10.2 Å². The smallest absolute Gasteiger partial charge is 0.268 e. The standard InChI is InChI=1S/C50H99N2O6P/c1-6-8-10-12-14-15-16-17-18-19-20-21-22-23-24-25-26-27-28-29-30-31-32-33-34-35-36-38-39-41-43-49(53)48(47-58-59(55,56)57-46-45-52(3,4)5)51-50(54)44-42-40-37-13-11-9-7-2/h35-36,41,43,48-49,53H,6-34,37-40,42,44-47H2,1-5H3,(H-,51,54,55,56)/b36-35+,43-41+. The fourth-order valence-corrected chi connectivity index (χ4v) is 8.13. The molecule has 8 nitrogen and oxygen atoms in total. The van der Waals surface area contributed by atoms with Crippen molar-refractivity contribution in [3.05, 3.63) is 24.3 Å². The number of quaternary nitrogens is 1. The maximum atomic E-state index is 12.7. The highest BCUT2D eigenvalue weighted by atomic mass is 31.2. The zero-order chi connectivity index (χ0) is 43.6. The van der Waals surface area contributed by atoms with Crippen LogP contribution in [0.5, 0.6) is 0 Å². The van der Waals surface area contributed by atoms with E-state index in [4.69, 9.17) is 9.05 Å². The van der Waals surface area contributed by atoms with Crippen molar-refractivity contribution in [3.63, 3.8) is 0 Å². The lowest BCUT2D eigenvalue weighted by molar-refractivity contribution is -0.870. The molecular weight excluding hydrogens is 756 g/mol. The highest BCUT2D eigenvalue weighted by Crippen LogP contribution is 2.38. The van der Waals surface area contributed by atoms with Crippen LogP contribution in [0.4, 0.5) is 0 Å². The van der Waals surface area contributed by atoms with Gasteiger partial charge in [-0.1, -0.05) is 224 Å². The summed E-state index contributed by atoms with van der Waals surface area (Å²) >= 11 is 0. The third-order valence-corrected chi connectivity index (χ3v) is 12.4. The van der Waals surface area contributed by atoms with E-state index in [0.717, 1.165) is 38.5 Å². The van der Waals surface area contributed by atoms with Gasteiger partial charge in [0.25, 0.3) is 7.82 Å². The van der Waals surface area contributed by atoms with E-state index in [2.05, 4.69) is 31.3 Å². The molecule has 9 heteroatoms. The zero-order valence-corrected chi connectivity index (χ0v) is 40.6. The van der Waals surface area contributed by atoms with Crippen molar-refractivity contribution >= 4 is 13.7 Å². The number of likely N-dealkylation sites (N-methyl/N-ethyl adjacent to an activating group) is 1. The summed E-state index contributed by atoms with van der Waals surface area (Å²) in [7, 11) is 1.25. The number of carbonyl (C=O) groups is 1. The Balaban J connectivity index is 4.03. The van der Waals surface area contributed by atoms with Crippen LogP contribution in [0.3, 0.4) is 0 Å². The molecule has 3 unspecified atom stereocenters. The van der Waals surface area contributed by atoms with Crippen LogP contribution in [0.2, 0.25) is 0 Å². The fraction of sp³-hybridized carbons (Fsp3) is 0.900. The topological polar surface area (TPSA) is 108 Å². The maximum Gasteiger partial charge on any atom is 0.268 e. The van der Waals surface area contributed by atoms with Crippen LogP contribution in [-0.2, 0) is 18.4 Å². The normalized spacial score (nSPS) is 14.4. The molecule has 3 atom stereocenters. The van der Waals surface area contributed by atoms with Gasteiger partial charge in [0.05, 0.1) is 39.9 Å². The minimum Gasteiger partial charge on any atom is -0.756 e. The third-order valence-electron chi connectivity index (χ3n) is 11.4. The van der Waals surface area contributed by atoms with Crippen LogP contribution in [0.1, 0.15) is 239 Å². The highest BCUT2D eigenvalue weighted by Gasteiger charge is 2.23. The Bertz CT molecular complexity index is 1020. The number of allylic oxidation sites excluding steroid dienone is 3. The molecule has 0 saturated heterocycles. The van der Waals surface area contributed by atoms with Gasteiger partial charge in [-0.3, -0.25) is 9.36 Å². The first kappa shape index (κ1) is 58.0. The molecule has 0 heterocycles. The van der Waals surface area contributed by atoms with Gasteiger partial charge in [0.2, 0.25) is 5.91 Å². The van der Waals surface area contributed by atoms with E-state index in [9.17, 15) is 19.4 Å². The molecule has 59 heavy (non-hydrogen) atoms. The van der Waals surface area contributed by atoms with Gasteiger partial charge in [-0.2, -0.15) is 0 Å². The number of phosphoric ester groups is 1. The molecule has 0 saturated carbocycles. The van der Waals surface area contributed by atoms with Gasteiger partial charge in [-0.15, -0.1) is 0 Å². The van der Waals surface area contributed by atoms with Crippen molar-refractivity contribution in [2.24, 2.45) is 0 Å². The van der Waals surface area contributed by atoms with E-state index in [1.54, 1.807) is 6.08 Å². The first-order chi connectivity index (χ1) is 28.5. The second-order valence-corrected chi connectivity index (χ2v) is 19.9. The van der Waals surface area contributed by atoms with E-state index < -0.39 is 20.0 Å². The summed E-state index contributed by atoms with van der Waals surface area (Å²) in [4.78, 5) is 25.1. The summed E-state index contributed by atoms with van der Waals surface area (Å²) in [5.74, 6) is -0.213. The molecule has 0 aromatic carbocycles. The largest absolute Gasteiger partial charge is 0.756 e. The number of hydrogen-bond donors (Lipinski definition) is 2. The van der Waals surface area contributed by atoms with Crippen molar-refractivity contribution in [1.29, 1.82) is 0 Å². The maximum absolute atomic E-state index is 12.7. The lowest BCUT2D eigenvalue weighted by atomic mass is 10.0. The fourth-order valence-electron chi connectivity index (χ4n) is 7.41. The average molecular weight is 855 g/mol. The number of unbranched alkanes of at least 4 members (excludes halogenated alkanes) is 31. The molecule has 1 amide bonds. The van der Waals surface area contributed by atoms with Gasteiger partial charge in [0, 0.05) is 6.42 Å². The molecular formula is C50H99N2O6P. The van der Waals surface area contributed by atoms with E-state index in [1.165, 1.54) is 180 Å². The van der Waals surface area contributed by atoms with Crippen molar-refractivity contribution in [2.75, 3.05) is 40.9 Å². The van der Waals surface area contributed by atoms with Crippen molar-refractivity contribution < 1.29 is 32.9 Å². The molecule has 0 bridgehead atoms. The van der Waals surface area contributed by atoms with Gasteiger partial charge < -0.3 is 28.8 Å². The summed E-state index contributed by atoms with van der Waals surface area (Å²) < 4.78 is 23.1. The Morgan fingerprint density at radius 2 is 0.949 bits per heavy atom. The van der Waals surface area contributed by atoms with Crippen LogP contribution in [0, 0.1) is 0 Å². The van der Waals surface area contributed by atoms with Crippen LogP contribution in [0.15, 0.2) is 24.3 Å². The van der Waals surface area contributed by atoms with E-state index in [-0.39, 0.29) is 19.1 Å². The number of rotatable bonds is 46. The molecule has 0 aromatic rings. The summed E-state index contributed by atoms with van der Waals surface area (Å²) in [6.07, 6.45) is 51.5. The Morgan fingerprint density at radius 1 is 0.576 bits per heavy atom. The zero-order valence-electron chi connectivity index (χ0n) is 39.7. The SMILES string of the molecule is CCCCCCCCCCCCCCCCCCCCCCCCCC/C=C/CC/C=C/C(O)C(COP(=O)([O-])OCC[N+](C)(C)C)NC(=O)CCCCCCCCC. The Morgan fingerprint density at radius 3 is 1.37 bits per heavy atom. The summed E-state index contributed by atoms with van der Waals surface area (Å²) in [5.41, 5.74) is 0. The molecule has 0 fully saturated rings. The van der Waals surface area contributed by atoms with Crippen LogP contribution in [0.25, 0.3) is 0 Å². The number of nitrogens with one attached hydrogen (secondary N) is 1. The van der Waals surface area contributed by atoms with E-state index in [1.807, 2.05) is 27.2 Å².